The summed E-state index contributed by atoms with van der Waals surface area (Å²) >= 11 is 0. The number of rotatable bonds is 5. The number of aromatic amines is 1. The molecule has 2 heterocycles. The number of ether oxygens (including phenoxy) is 1. The van der Waals surface area contributed by atoms with E-state index in [0.717, 1.165) is 0 Å². The highest BCUT2D eigenvalue weighted by Gasteiger charge is 2.45. The molecule has 2 rings (SSSR count). The third kappa shape index (κ3) is 3.58. The molecule has 0 amide bonds. The molecule has 0 unspecified atom stereocenters. The van der Waals surface area contributed by atoms with Crippen LogP contribution in [0.15, 0.2) is 9.59 Å². The molecule has 1 aromatic heterocycles. The Morgan fingerprint density at radius 1 is 1.20 bits per heavy atom. The van der Waals surface area contributed by atoms with Gasteiger partial charge in [-0.1, -0.05) is 18.6 Å². The lowest BCUT2D eigenvalue weighted by atomic mass is 9.91. The summed E-state index contributed by atoms with van der Waals surface area (Å²) in [5.74, 6) is 0. The topological polar surface area (TPSA) is 187 Å². The molecular weight excluding hydrogens is 342 g/mol. The van der Waals surface area contributed by atoms with E-state index in [0.29, 0.717) is 0 Å². The largest absolute Gasteiger partial charge is 0.395 e. The fourth-order valence-corrected chi connectivity index (χ4v) is 2.26. The maximum Gasteiger partial charge on any atom is 0.378 e. The number of hydrogen-bond donors (Lipinski definition) is 6. The van der Waals surface area contributed by atoms with E-state index < -0.39 is 60.6 Å². The van der Waals surface area contributed by atoms with E-state index in [1.165, 1.54) is 13.8 Å². The monoisotopic (exact) mass is 363 g/mol. The van der Waals surface area contributed by atoms with Crippen LogP contribution in [-0.2, 0) is 10.2 Å². The van der Waals surface area contributed by atoms with E-state index in [-0.39, 0.29) is 10.4 Å². The van der Waals surface area contributed by atoms with E-state index in [2.05, 4.69) is 5.10 Å². The highest BCUT2D eigenvalue weighted by atomic mass is 16.8. The molecule has 1 fully saturated rings. The third-order valence-corrected chi connectivity index (χ3v) is 3.93. The molecule has 1 aliphatic rings. The van der Waals surface area contributed by atoms with Crippen molar-refractivity contribution in [3.05, 3.63) is 26.5 Å². The van der Waals surface area contributed by atoms with Gasteiger partial charge in [0, 0.05) is 5.41 Å². The van der Waals surface area contributed by atoms with Crippen molar-refractivity contribution in [2.24, 2.45) is 0 Å². The van der Waals surface area contributed by atoms with Crippen molar-refractivity contribution in [2.45, 2.75) is 50.0 Å². The number of hydrogen-bond acceptors (Lipinski definition) is 10. The van der Waals surface area contributed by atoms with Gasteiger partial charge in [0.15, 0.2) is 0 Å². The van der Waals surface area contributed by atoms with Crippen LogP contribution in [0, 0.1) is 0 Å². The molecule has 0 saturated carbocycles. The van der Waals surface area contributed by atoms with Crippen LogP contribution in [0.2, 0.25) is 0 Å². The molecule has 0 bridgehead atoms. The van der Waals surface area contributed by atoms with Crippen molar-refractivity contribution in [2.75, 3.05) is 13.2 Å². The average molecular weight is 363 g/mol. The number of aliphatic hydroxyl groups excluding tert-OH is 5. The molecule has 12 heteroatoms. The number of nitrogens with one attached hydrogen (secondary N) is 1. The minimum absolute atomic E-state index is 0.209. The summed E-state index contributed by atoms with van der Waals surface area (Å²) < 4.78 is 5.31. The summed E-state index contributed by atoms with van der Waals surface area (Å²) in [7, 11) is 0. The molecule has 6 N–H and O–H groups in total. The number of H-pyrrole nitrogens is 1. The lowest BCUT2D eigenvalue weighted by molar-refractivity contribution is -0.302. The molecule has 142 valence electrons. The first-order valence-corrected chi connectivity index (χ1v) is 7.44. The summed E-state index contributed by atoms with van der Waals surface area (Å²) in [6, 6.07) is 0. The maximum atomic E-state index is 12.4. The molecule has 5 atom stereocenters. The summed E-state index contributed by atoms with van der Waals surface area (Å²) in [5, 5.41) is 53.5. The molecule has 1 aliphatic heterocycles. The van der Waals surface area contributed by atoms with Gasteiger partial charge in [-0.15, -0.1) is 0 Å². The predicted molar refractivity (Wildman–Crippen MR) is 79.6 cm³/mol. The van der Waals surface area contributed by atoms with E-state index in [9.17, 15) is 30.0 Å². The van der Waals surface area contributed by atoms with Crippen molar-refractivity contribution in [3.63, 3.8) is 0 Å². The Morgan fingerprint density at radius 3 is 2.40 bits per heavy atom. The van der Waals surface area contributed by atoms with Crippen molar-refractivity contribution >= 4 is 0 Å². The molecule has 25 heavy (non-hydrogen) atoms. The molecule has 12 nitrogen and oxygen atoms in total. The van der Waals surface area contributed by atoms with Gasteiger partial charge in [-0.2, -0.15) is 5.10 Å². The Morgan fingerprint density at radius 2 is 1.84 bits per heavy atom. The average Bonchev–Trinajstić information content (AvgIpc) is 2.58. The first kappa shape index (κ1) is 19.5. The van der Waals surface area contributed by atoms with Crippen LogP contribution in [0.25, 0.3) is 0 Å². The summed E-state index contributed by atoms with van der Waals surface area (Å²) in [6.45, 7) is 1.87. The second-order valence-electron chi connectivity index (χ2n) is 6.32. The van der Waals surface area contributed by atoms with Gasteiger partial charge in [0.25, 0.3) is 6.29 Å². The normalized spacial score (nSPS) is 30.3. The van der Waals surface area contributed by atoms with Gasteiger partial charge < -0.3 is 35.1 Å². The zero-order valence-electron chi connectivity index (χ0n) is 13.6. The van der Waals surface area contributed by atoms with E-state index >= 15 is 0 Å². The molecular formula is C13H21N3O9. The highest BCUT2D eigenvalue weighted by Crippen LogP contribution is 2.20. The van der Waals surface area contributed by atoms with Crippen LogP contribution in [0.3, 0.4) is 0 Å². The summed E-state index contributed by atoms with van der Waals surface area (Å²) in [5.41, 5.74) is -3.39. The van der Waals surface area contributed by atoms with Gasteiger partial charge >= 0.3 is 11.2 Å². The van der Waals surface area contributed by atoms with Crippen LogP contribution in [0.4, 0.5) is 0 Å². The van der Waals surface area contributed by atoms with Crippen molar-refractivity contribution in [1.29, 1.82) is 0 Å². The Balaban J connectivity index is 2.38. The SMILES string of the molecule is CC(C)(CO)c1n[nH]c(=O)n(O[C@@H]2O[C@H](CO)[C@@H](O)[C@H](O)[C@H]2O)c1=O. The Labute approximate surface area is 140 Å². The number of aromatic nitrogens is 3. The standard InChI is InChI=1S/C13H21N3O9/c1-13(2,4-18)9-10(22)16(12(23)15-14-9)25-11-8(21)7(20)6(19)5(3-17)24-11/h5-8,11,17-21H,3-4H2,1-2H3,(H,15,23)/t5-,6-,7+,8-,11+/m1/s1. The smallest absolute Gasteiger partial charge is 0.378 e. The Hall–Kier alpha value is -1.83. The quantitative estimate of drug-likeness (QED) is 0.297. The van der Waals surface area contributed by atoms with Crippen molar-refractivity contribution < 1.29 is 35.1 Å². The molecule has 1 aromatic rings. The molecule has 1 saturated heterocycles. The van der Waals surface area contributed by atoms with E-state index in [1.807, 2.05) is 5.10 Å². The van der Waals surface area contributed by atoms with Crippen molar-refractivity contribution in [1.82, 2.24) is 14.9 Å². The summed E-state index contributed by atoms with van der Waals surface area (Å²) in [6.07, 6.45) is -8.14. The number of aliphatic hydroxyl groups is 5. The Bertz CT molecular complexity index is 713. The lowest BCUT2D eigenvalue weighted by Gasteiger charge is -2.39. The Kier molecular flexibility index (Phi) is 5.61. The predicted octanol–water partition coefficient (Wildman–Crippen LogP) is -4.57. The van der Waals surface area contributed by atoms with Gasteiger partial charge in [-0.05, 0) is 0 Å². The summed E-state index contributed by atoms with van der Waals surface area (Å²) in [4.78, 5) is 29.3. The van der Waals surface area contributed by atoms with Gasteiger partial charge in [-0.25, -0.2) is 9.89 Å². The number of nitrogens with zero attached hydrogens (tertiary/aromatic N) is 2. The molecule has 0 aliphatic carbocycles. The second kappa shape index (κ2) is 7.19. The van der Waals surface area contributed by atoms with Gasteiger partial charge in [-0.3, -0.25) is 4.79 Å². The second-order valence-corrected chi connectivity index (χ2v) is 6.32. The van der Waals surface area contributed by atoms with Crippen LogP contribution < -0.4 is 16.1 Å². The van der Waals surface area contributed by atoms with E-state index in [4.69, 9.17) is 14.7 Å². The lowest BCUT2D eigenvalue weighted by Crippen LogP contribution is -2.62. The minimum atomic E-state index is -1.80. The van der Waals surface area contributed by atoms with Gasteiger partial charge in [0.05, 0.1) is 13.2 Å². The van der Waals surface area contributed by atoms with Crippen LogP contribution in [0.5, 0.6) is 0 Å². The van der Waals surface area contributed by atoms with E-state index in [1.54, 1.807) is 0 Å². The van der Waals surface area contributed by atoms with Crippen LogP contribution in [-0.4, -0.2) is 84.4 Å². The minimum Gasteiger partial charge on any atom is -0.395 e. The zero-order chi connectivity index (χ0) is 18.9. The third-order valence-electron chi connectivity index (χ3n) is 3.93. The fourth-order valence-electron chi connectivity index (χ4n) is 2.26. The molecule has 0 radical (unpaired) electrons. The maximum absolute atomic E-state index is 12.4. The fraction of sp³-hybridized carbons (Fsp3) is 0.769. The zero-order valence-corrected chi connectivity index (χ0v) is 13.6. The first-order valence-electron chi connectivity index (χ1n) is 7.44. The highest BCUT2D eigenvalue weighted by molar-refractivity contribution is 5.08. The molecule has 0 aromatic carbocycles. The van der Waals surface area contributed by atoms with Crippen LogP contribution >= 0.6 is 0 Å². The first-order chi connectivity index (χ1) is 11.6. The molecule has 0 spiro atoms. The van der Waals surface area contributed by atoms with Gasteiger partial charge in [0.1, 0.15) is 30.1 Å². The van der Waals surface area contributed by atoms with Crippen molar-refractivity contribution in [3.8, 4) is 0 Å². The van der Waals surface area contributed by atoms with Crippen LogP contribution in [0.1, 0.15) is 19.5 Å². The van der Waals surface area contributed by atoms with Gasteiger partial charge in [0.2, 0.25) is 0 Å².